The molecule has 0 spiro atoms. The summed E-state index contributed by atoms with van der Waals surface area (Å²) in [7, 11) is 0. The Balaban J connectivity index is 1.64. The van der Waals surface area contributed by atoms with Crippen molar-refractivity contribution in [2.75, 3.05) is 6.61 Å². The molecule has 132 valence electrons. The largest absolute Gasteiger partial charge is 0.527 e. The highest BCUT2D eigenvalue weighted by atomic mass is 32.2. The molecule has 2 unspecified atom stereocenters. The summed E-state index contributed by atoms with van der Waals surface area (Å²) in [6, 6.07) is 8.02. The Bertz CT molecular complexity index is 749. The van der Waals surface area contributed by atoms with E-state index in [9.17, 15) is 19.5 Å². The summed E-state index contributed by atoms with van der Waals surface area (Å²) in [6.07, 6.45) is 0.275. The summed E-state index contributed by atoms with van der Waals surface area (Å²) in [6.45, 7) is 3.65. The van der Waals surface area contributed by atoms with Gasteiger partial charge in [0.15, 0.2) is 12.0 Å². The Morgan fingerprint density at radius 3 is 2.60 bits per heavy atom. The van der Waals surface area contributed by atoms with Crippen LogP contribution in [0.4, 0.5) is 4.79 Å². The van der Waals surface area contributed by atoms with Gasteiger partial charge in [-0.25, -0.2) is 4.79 Å². The third-order valence-electron chi connectivity index (χ3n) is 4.22. The number of nitrogens with zero attached hydrogens (tertiary/aromatic N) is 1. The molecular weight excluding hydrogens is 344 g/mol. The lowest BCUT2D eigenvalue weighted by molar-refractivity contribution is -0.770. The van der Waals surface area contributed by atoms with Crippen LogP contribution in [0.1, 0.15) is 13.8 Å². The molecule has 1 saturated heterocycles. The van der Waals surface area contributed by atoms with Gasteiger partial charge < -0.3 is 15.2 Å². The maximum atomic E-state index is 12.5. The van der Waals surface area contributed by atoms with E-state index in [4.69, 9.17) is 4.74 Å². The number of ether oxygens (including phenoxy) is 1. The zero-order chi connectivity index (χ0) is 18.2. The van der Waals surface area contributed by atoms with E-state index in [1.165, 1.54) is 18.0 Å². The molecule has 2 aliphatic heterocycles. The van der Waals surface area contributed by atoms with Gasteiger partial charge in [0.2, 0.25) is 6.04 Å². The number of thioether (sulfide) groups is 1. The number of quaternary nitrogens is 1. The number of imide groups is 1. The summed E-state index contributed by atoms with van der Waals surface area (Å²) in [5.41, 5.74) is 0. The first-order valence-electron chi connectivity index (χ1n) is 7.89. The van der Waals surface area contributed by atoms with Crippen LogP contribution in [0.5, 0.6) is 5.75 Å². The number of nitrogens with one attached hydrogen (secondary N) is 1. The van der Waals surface area contributed by atoms with E-state index < -0.39 is 33.8 Å². The van der Waals surface area contributed by atoms with Gasteiger partial charge in [-0.2, -0.15) is 4.79 Å². The van der Waals surface area contributed by atoms with E-state index in [1.807, 2.05) is 19.9 Å². The fourth-order valence-electron chi connectivity index (χ4n) is 2.85. The zero-order valence-corrected chi connectivity index (χ0v) is 14.7. The number of amides is 3. The van der Waals surface area contributed by atoms with Crippen molar-refractivity contribution < 1.29 is 28.7 Å². The molecule has 0 saturated carbocycles. The lowest BCUT2D eigenvalue weighted by atomic mass is 10.0. The molecule has 1 aromatic carbocycles. The first kappa shape index (κ1) is 17.5. The van der Waals surface area contributed by atoms with Crippen LogP contribution < -0.4 is 10.1 Å². The summed E-state index contributed by atoms with van der Waals surface area (Å²) >= 11 is 1.34. The number of hydrogen-bond donors (Lipinski definition) is 2. The molecule has 0 bridgehead atoms. The zero-order valence-electron chi connectivity index (χ0n) is 13.8. The third-order valence-corrected chi connectivity index (χ3v) is 5.92. The van der Waals surface area contributed by atoms with Crippen molar-refractivity contribution in [1.82, 2.24) is 5.32 Å². The molecule has 25 heavy (non-hydrogen) atoms. The maximum Gasteiger partial charge on any atom is 0.527 e. The van der Waals surface area contributed by atoms with Gasteiger partial charge in [-0.05, 0) is 18.1 Å². The number of carboxylic acid groups (broad SMARTS) is 1. The van der Waals surface area contributed by atoms with Gasteiger partial charge in [-0.15, -0.1) is 4.48 Å². The highest BCUT2D eigenvalue weighted by Gasteiger charge is 2.72. The number of para-hydroxylation sites is 1. The number of carbonyl (C=O) groups excluding carboxylic acids is 2. The molecule has 2 aliphatic rings. The van der Waals surface area contributed by atoms with Crippen LogP contribution in [-0.4, -0.2) is 45.5 Å². The molecule has 0 aromatic heterocycles. The Morgan fingerprint density at radius 2 is 2.00 bits per heavy atom. The molecule has 2 heterocycles. The molecule has 2 N–H and O–H groups in total. The van der Waals surface area contributed by atoms with Gasteiger partial charge in [0.1, 0.15) is 11.9 Å². The average Bonchev–Trinajstić information content (AvgIpc) is 2.96. The van der Waals surface area contributed by atoms with Crippen molar-refractivity contribution >= 4 is 29.7 Å². The van der Waals surface area contributed by atoms with Gasteiger partial charge in [0, 0.05) is 4.91 Å². The number of benzene rings is 1. The van der Waals surface area contributed by atoms with Crippen molar-refractivity contribution in [2.24, 2.45) is 5.92 Å². The summed E-state index contributed by atoms with van der Waals surface area (Å²) in [5, 5.41) is 11.6. The predicted octanol–water partition coefficient (Wildman–Crippen LogP) is 2.16. The van der Waals surface area contributed by atoms with Crippen LogP contribution in [0.25, 0.3) is 0 Å². The lowest BCUT2D eigenvalue weighted by Crippen LogP contribution is -2.78. The molecule has 3 rings (SSSR count). The molecule has 8 heteroatoms. The van der Waals surface area contributed by atoms with Crippen LogP contribution in [-0.2, 0) is 9.59 Å². The van der Waals surface area contributed by atoms with E-state index in [0.717, 1.165) is 4.91 Å². The van der Waals surface area contributed by atoms with Crippen molar-refractivity contribution in [3.05, 3.63) is 41.4 Å². The fourth-order valence-corrected chi connectivity index (χ4v) is 4.37. The van der Waals surface area contributed by atoms with E-state index in [0.29, 0.717) is 5.75 Å². The quantitative estimate of drug-likeness (QED) is 0.615. The average molecular weight is 363 g/mol. The first-order chi connectivity index (χ1) is 11.9. The molecule has 1 aromatic rings. The Morgan fingerprint density at radius 1 is 1.32 bits per heavy atom. The molecule has 0 aliphatic carbocycles. The van der Waals surface area contributed by atoms with Gasteiger partial charge >= 0.3 is 12.0 Å². The SMILES string of the molecule is CC(C)C1=C[N+]2(C(=O)O)C(=O)C(NC(=O)COc3ccccc3)[C@@H]2S1. The van der Waals surface area contributed by atoms with E-state index in [-0.39, 0.29) is 12.5 Å². The van der Waals surface area contributed by atoms with Crippen LogP contribution in [0.3, 0.4) is 0 Å². The van der Waals surface area contributed by atoms with Crippen molar-refractivity contribution in [1.29, 1.82) is 0 Å². The molecule has 1 fully saturated rings. The van der Waals surface area contributed by atoms with E-state index in [2.05, 4.69) is 5.32 Å². The summed E-state index contributed by atoms with van der Waals surface area (Å²) < 4.78 is 4.60. The number of hydrogen-bond acceptors (Lipinski definition) is 5. The second-order valence-corrected chi connectivity index (χ2v) is 7.43. The minimum atomic E-state index is -1.22. The Hall–Kier alpha value is -2.32. The van der Waals surface area contributed by atoms with Crippen molar-refractivity contribution in [2.45, 2.75) is 25.3 Å². The minimum Gasteiger partial charge on any atom is -0.484 e. The van der Waals surface area contributed by atoms with Crippen LogP contribution in [0, 0.1) is 5.92 Å². The van der Waals surface area contributed by atoms with Crippen LogP contribution >= 0.6 is 11.8 Å². The van der Waals surface area contributed by atoms with Gasteiger partial charge in [0.05, 0.1) is 0 Å². The first-order valence-corrected chi connectivity index (χ1v) is 8.77. The number of β-lactam (4-membered cyclic amide) rings is 1. The highest BCUT2D eigenvalue weighted by Crippen LogP contribution is 2.50. The fraction of sp³-hybridized carbons (Fsp3) is 0.353. The van der Waals surface area contributed by atoms with Crippen LogP contribution in [0.2, 0.25) is 0 Å². The van der Waals surface area contributed by atoms with Crippen LogP contribution in [0.15, 0.2) is 41.4 Å². The van der Waals surface area contributed by atoms with E-state index >= 15 is 0 Å². The van der Waals surface area contributed by atoms with Gasteiger partial charge in [0.25, 0.3) is 5.91 Å². The number of carbonyl (C=O) groups is 3. The predicted molar refractivity (Wildman–Crippen MR) is 91.5 cm³/mol. The van der Waals surface area contributed by atoms with Gasteiger partial charge in [-0.1, -0.05) is 43.8 Å². The molecule has 7 nitrogen and oxygen atoms in total. The van der Waals surface area contributed by atoms with E-state index in [1.54, 1.807) is 24.3 Å². The summed E-state index contributed by atoms with van der Waals surface area (Å²) in [4.78, 5) is 37.0. The highest BCUT2D eigenvalue weighted by molar-refractivity contribution is 8.03. The van der Waals surface area contributed by atoms with Crippen molar-refractivity contribution in [3.63, 3.8) is 0 Å². The number of fused-ring (bicyclic) bond motifs is 1. The number of allylic oxidation sites excluding steroid dienone is 1. The lowest BCUT2D eigenvalue weighted by Gasteiger charge is -2.42. The number of rotatable bonds is 5. The second kappa shape index (κ2) is 6.53. The summed E-state index contributed by atoms with van der Waals surface area (Å²) in [5.74, 6) is -0.319. The van der Waals surface area contributed by atoms with Crippen molar-refractivity contribution in [3.8, 4) is 5.75 Å². The molecule has 3 atom stereocenters. The topological polar surface area (TPSA) is 92.7 Å². The Kier molecular flexibility index (Phi) is 4.57. The normalized spacial score (nSPS) is 27.3. The second-order valence-electron chi connectivity index (χ2n) is 6.24. The third kappa shape index (κ3) is 2.91. The standard InChI is InChI=1S/C17H18N2O5S/c1-10(2)12-8-19(17(22)23)15(21)14(16(19)25-12)18-13(20)9-24-11-6-4-3-5-7-11/h3-8,10,14,16H,9H2,1-2H3,(H-,18,20,22,23)/p+1/t14?,16-,19?/m0/s1. The molecular formula is C17H19N2O5S+. The monoisotopic (exact) mass is 363 g/mol. The molecule has 0 radical (unpaired) electrons. The van der Waals surface area contributed by atoms with Gasteiger partial charge in [-0.3, -0.25) is 4.79 Å². The smallest absolute Gasteiger partial charge is 0.484 e. The minimum absolute atomic E-state index is 0.121. The Labute approximate surface area is 149 Å². The maximum absolute atomic E-state index is 12.5. The molecule has 3 amide bonds.